The van der Waals surface area contributed by atoms with Crippen molar-refractivity contribution in [2.45, 2.75) is 39.0 Å². The maximum Gasteiger partial charge on any atom is 0.237 e. The molecule has 1 aliphatic heterocycles. The molecule has 2 aromatic heterocycles. The molecular weight excluding hydrogens is 412 g/mol. The molecule has 1 atom stereocenters. The lowest BCUT2D eigenvalue weighted by Gasteiger charge is -2.24. The normalized spacial score (nSPS) is 15.8. The van der Waals surface area contributed by atoms with E-state index < -0.39 is 0 Å². The Labute approximate surface area is 188 Å². The molecule has 0 N–H and O–H groups in total. The van der Waals surface area contributed by atoms with E-state index in [1.165, 1.54) is 0 Å². The number of hydrogen-bond acceptors (Lipinski definition) is 5. The van der Waals surface area contributed by atoms with Gasteiger partial charge in [0, 0.05) is 32.1 Å². The maximum absolute atomic E-state index is 12.1. The number of para-hydroxylation sites is 1. The topological polar surface area (TPSA) is 67.2 Å². The first-order valence-corrected chi connectivity index (χ1v) is 11.6. The first-order valence-electron chi connectivity index (χ1n) is 11.0. The van der Waals surface area contributed by atoms with Crippen LogP contribution >= 0.6 is 11.6 Å². The van der Waals surface area contributed by atoms with Crippen LogP contribution in [-0.4, -0.2) is 62.6 Å². The molecule has 164 valence electrons. The van der Waals surface area contributed by atoms with Gasteiger partial charge in [-0.2, -0.15) is 5.10 Å². The number of nitrogens with zero attached hydrogens (tertiary/aromatic N) is 6. The average molecular weight is 441 g/mol. The number of carbonyl (C=O) groups excluding carboxylic acids is 1. The Hall–Kier alpha value is -2.67. The molecule has 0 aliphatic carbocycles. The number of benzene rings is 1. The minimum absolute atomic E-state index is 0.00879. The molecule has 1 aliphatic rings. The number of rotatable bonds is 6. The monoisotopic (exact) mass is 440 g/mol. The Morgan fingerprint density at radius 1 is 1.13 bits per heavy atom. The Morgan fingerprint density at radius 2 is 1.94 bits per heavy atom. The summed E-state index contributed by atoms with van der Waals surface area (Å²) in [5.41, 5.74) is 1.80. The third-order valence-corrected chi connectivity index (χ3v) is 6.08. The van der Waals surface area contributed by atoms with E-state index in [1.807, 2.05) is 46.1 Å². The summed E-state index contributed by atoms with van der Waals surface area (Å²) in [6.45, 7) is 7.27. The van der Waals surface area contributed by atoms with Gasteiger partial charge in [0.05, 0.1) is 17.3 Å². The lowest BCUT2D eigenvalue weighted by molar-refractivity contribution is -0.128. The molecule has 1 amide bonds. The number of amides is 1. The third-order valence-electron chi connectivity index (χ3n) is 5.85. The van der Waals surface area contributed by atoms with Crippen LogP contribution in [0.25, 0.3) is 16.7 Å². The predicted octanol–water partition coefficient (Wildman–Crippen LogP) is 4.00. The minimum atomic E-state index is -0.00879. The average Bonchev–Trinajstić information content (AvgIpc) is 3.08. The van der Waals surface area contributed by atoms with Crippen LogP contribution in [-0.2, 0) is 4.79 Å². The maximum atomic E-state index is 12.1. The van der Waals surface area contributed by atoms with Gasteiger partial charge < -0.3 is 9.80 Å². The molecule has 0 radical (unpaired) electrons. The first kappa shape index (κ1) is 21.6. The highest BCUT2D eigenvalue weighted by atomic mass is 35.5. The summed E-state index contributed by atoms with van der Waals surface area (Å²) in [4.78, 5) is 26.2. The van der Waals surface area contributed by atoms with Gasteiger partial charge in [0.1, 0.15) is 17.5 Å². The summed E-state index contributed by atoms with van der Waals surface area (Å²) in [5, 5.41) is 5.59. The second kappa shape index (κ2) is 9.64. The zero-order valence-electron chi connectivity index (χ0n) is 18.2. The van der Waals surface area contributed by atoms with Crippen LogP contribution < -0.4 is 4.90 Å². The highest BCUT2D eigenvalue weighted by Crippen LogP contribution is 2.29. The smallest absolute Gasteiger partial charge is 0.237 e. The fourth-order valence-corrected chi connectivity index (χ4v) is 4.32. The van der Waals surface area contributed by atoms with E-state index in [0.29, 0.717) is 13.1 Å². The second-order valence-electron chi connectivity index (χ2n) is 8.08. The van der Waals surface area contributed by atoms with Gasteiger partial charge in [0.15, 0.2) is 5.65 Å². The highest BCUT2D eigenvalue weighted by Gasteiger charge is 2.24. The van der Waals surface area contributed by atoms with Crippen LogP contribution in [0.2, 0.25) is 0 Å². The molecule has 4 rings (SSSR count). The molecule has 0 spiro atoms. The van der Waals surface area contributed by atoms with Crippen molar-refractivity contribution >= 4 is 34.4 Å². The van der Waals surface area contributed by atoms with E-state index in [1.54, 1.807) is 0 Å². The van der Waals surface area contributed by atoms with Crippen molar-refractivity contribution in [3.8, 4) is 5.69 Å². The van der Waals surface area contributed by atoms with E-state index in [9.17, 15) is 4.79 Å². The summed E-state index contributed by atoms with van der Waals surface area (Å²) >= 11 is 5.78. The van der Waals surface area contributed by atoms with Crippen molar-refractivity contribution in [2.24, 2.45) is 0 Å². The van der Waals surface area contributed by atoms with Gasteiger partial charge in [0.25, 0.3) is 0 Å². The number of hydrogen-bond donors (Lipinski definition) is 0. The van der Waals surface area contributed by atoms with Crippen molar-refractivity contribution in [1.82, 2.24) is 24.6 Å². The van der Waals surface area contributed by atoms with Crippen molar-refractivity contribution in [1.29, 1.82) is 0 Å². The number of halogens is 1. The molecule has 1 aromatic carbocycles. The molecule has 0 bridgehead atoms. The van der Waals surface area contributed by atoms with Gasteiger partial charge in [-0.25, -0.2) is 14.6 Å². The number of anilines is 1. The largest absolute Gasteiger partial charge is 0.354 e. The van der Waals surface area contributed by atoms with Crippen molar-refractivity contribution in [3.05, 3.63) is 42.4 Å². The van der Waals surface area contributed by atoms with Crippen molar-refractivity contribution in [2.75, 3.05) is 37.0 Å². The molecular formula is C23H29ClN6O. The number of alkyl halides is 1. The summed E-state index contributed by atoms with van der Waals surface area (Å²) in [5.74, 6) is 2.03. The van der Waals surface area contributed by atoms with E-state index in [-0.39, 0.29) is 17.7 Å². The Balaban J connectivity index is 1.77. The first-order chi connectivity index (χ1) is 15.1. The number of carbonyl (C=O) groups is 1. The van der Waals surface area contributed by atoms with E-state index in [0.717, 1.165) is 60.7 Å². The zero-order chi connectivity index (χ0) is 21.8. The Morgan fingerprint density at radius 3 is 2.68 bits per heavy atom. The molecule has 1 fully saturated rings. The second-order valence-corrected chi connectivity index (χ2v) is 8.35. The van der Waals surface area contributed by atoms with E-state index in [4.69, 9.17) is 21.6 Å². The van der Waals surface area contributed by atoms with Gasteiger partial charge in [-0.1, -0.05) is 38.5 Å². The molecule has 1 unspecified atom stereocenters. The fourth-order valence-electron chi connectivity index (χ4n) is 4.15. The van der Waals surface area contributed by atoms with E-state index >= 15 is 0 Å². The third kappa shape index (κ3) is 4.51. The van der Waals surface area contributed by atoms with Crippen LogP contribution in [0.15, 0.2) is 36.5 Å². The molecule has 7 nitrogen and oxygen atoms in total. The zero-order valence-corrected chi connectivity index (χ0v) is 18.9. The molecule has 31 heavy (non-hydrogen) atoms. The summed E-state index contributed by atoms with van der Waals surface area (Å²) in [6, 6.07) is 10.1. The SMILES string of the molecule is CCCC(C)c1nc(N2CCCN(C(=O)CCl)CC2)c2cnn(-c3ccccc3)c2n1. The number of fused-ring (bicyclic) bond motifs is 1. The Bertz CT molecular complexity index is 1040. The van der Waals surface area contributed by atoms with Gasteiger partial charge in [-0.15, -0.1) is 11.6 Å². The molecule has 8 heteroatoms. The predicted molar refractivity (Wildman–Crippen MR) is 124 cm³/mol. The van der Waals surface area contributed by atoms with E-state index in [2.05, 4.69) is 23.8 Å². The van der Waals surface area contributed by atoms with Crippen LogP contribution in [0.1, 0.15) is 44.9 Å². The van der Waals surface area contributed by atoms with Gasteiger partial charge in [0.2, 0.25) is 5.91 Å². The standard InChI is InChI=1S/C23H29ClN6O/c1-3-8-17(2)21-26-22(29-12-7-11-28(13-14-29)20(31)15-24)19-16-25-30(23(19)27-21)18-9-5-4-6-10-18/h4-6,9-10,16-17H,3,7-8,11-15H2,1-2H3. The fraction of sp³-hybridized carbons (Fsp3) is 0.478. The van der Waals surface area contributed by atoms with Gasteiger partial charge in [-0.3, -0.25) is 4.79 Å². The van der Waals surface area contributed by atoms with Crippen molar-refractivity contribution in [3.63, 3.8) is 0 Å². The van der Waals surface area contributed by atoms with Crippen LogP contribution in [0, 0.1) is 0 Å². The lowest BCUT2D eigenvalue weighted by Crippen LogP contribution is -2.36. The molecule has 0 saturated carbocycles. The van der Waals surface area contributed by atoms with Crippen molar-refractivity contribution < 1.29 is 4.79 Å². The summed E-state index contributed by atoms with van der Waals surface area (Å²) in [7, 11) is 0. The highest BCUT2D eigenvalue weighted by molar-refractivity contribution is 6.27. The molecule has 3 aromatic rings. The molecule has 3 heterocycles. The summed E-state index contributed by atoms with van der Waals surface area (Å²) < 4.78 is 1.89. The van der Waals surface area contributed by atoms with Gasteiger partial charge in [-0.05, 0) is 25.0 Å². The Kier molecular flexibility index (Phi) is 6.70. The minimum Gasteiger partial charge on any atom is -0.354 e. The van der Waals surface area contributed by atoms with Crippen LogP contribution in [0.3, 0.4) is 0 Å². The lowest BCUT2D eigenvalue weighted by atomic mass is 10.1. The summed E-state index contributed by atoms with van der Waals surface area (Å²) in [6.07, 6.45) is 4.84. The molecule has 1 saturated heterocycles. The quantitative estimate of drug-likeness (QED) is 0.542. The number of aromatic nitrogens is 4. The van der Waals surface area contributed by atoms with Gasteiger partial charge >= 0.3 is 0 Å². The van der Waals surface area contributed by atoms with Crippen LogP contribution in [0.5, 0.6) is 0 Å². The van der Waals surface area contributed by atoms with Crippen LogP contribution in [0.4, 0.5) is 5.82 Å².